The highest BCUT2D eigenvalue weighted by molar-refractivity contribution is 5.71. The Labute approximate surface area is 209 Å². The van der Waals surface area contributed by atoms with Gasteiger partial charge in [-0.3, -0.25) is 4.79 Å². The second-order valence-corrected chi connectivity index (χ2v) is 9.85. The topological polar surface area (TPSA) is 71.5 Å². The number of ether oxygens (including phenoxy) is 2. The van der Waals surface area contributed by atoms with E-state index >= 15 is 0 Å². The minimum atomic E-state index is -4.41. The summed E-state index contributed by atoms with van der Waals surface area (Å²) in [7, 11) is 0. The summed E-state index contributed by atoms with van der Waals surface area (Å²) in [4.78, 5) is 14.7. The smallest absolute Gasteiger partial charge is 0.416 e. The molecule has 194 valence electrons. The molecule has 1 aliphatic heterocycles. The van der Waals surface area contributed by atoms with Crippen LogP contribution in [0.4, 0.5) is 13.2 Å². The lowest BCUT2D eigenvalue weighted by Crippen LogP contribution is -2.35. The molecule has 1 unspecified atom stereocenters. The number of aromatic amines is 1. The third kappa shape index (κ3) is 5.38. The van der Waals surface area contributed by atoms with Crippen LogP contribution in [0.5, 0.6) is 0 Å². The molecule has 8 heteroatoms. The Hall–Kier alpha value is -3.00. The van der Waals surface area contributed by atoms with Crippen LogP contribution in [0.25, 0.3) is 12.2 Å². The first-order valence-electron chi connectivity index (χ1n) is 12.3. The molecule has 1 saturated carbocycles. The summed E-state index contributed by atoms with van der Waals surface area (Å²) >= 11 is 0. The molecule has 2 heterocycles. The number of allylic oxidation sites excluding steroid dienone is 1. The van der Waals surface area contributed by atoms with Crippen molar-refractivity contribution in [1.82, 2.24) is 4.98 Å². The van der Waals surface area contributed by atoms with E-state index in [0.717, 1.165) is 36.8 Å². The second kappa shape index (κ2) is 10.2. The fourth-order valence-electron chi connectivity index (χ4n) is 5.46. The Bertz CT molecular complexity index is 1170. The van der Waals surface area contributed by atoms with Crippen molar-refractivity contribution >= 4 is 18.1 Å². The van der Waals surface area contributed by atoms with Gasteiger partial charge in [0.25, 0.3) is 0 Å². The SMILES string of the molecule is C=Cc1[nH]c2c(c1C=C(C)OCc1ccc(C3CCCC3)c(C(F)(F)F)c1)CCOC2(C)CC(=O)O. The van der Waals surface area contributed by atoms with Crippen LogP contribution in [0.2, 0.25) is 0 Å². The van der Waals surface area contributed by atoms with Crippen LogP contribution in [0.15, 0.2) is 30.5 Å². The van der Waals surface area contributed by atoms with Crippen molar-refractivity contribution < 1.29 is 32.5 Å². The Balaban J connectivity index is 1.57. The summed E-state index contributed by atoms with van der Waals surface area (Å²) in [6.07, 6.45) is 2.98. The minimum absolute atomic E-state index is 0.00619. The fourth-order valence-corrected chi connectivity index (χ4v) is 5.46. The van der Waals surface area contributed by atoms with Crippen LogP contribution in [0.3, 0.4) is 0 Å². The van der Waals surface area contributed by atoms with Gasteiger partial charge in [0.05, 0.1) is 30.0 Å². The Morgan fingerprint density at radius 2 is 2.06 bits per heavy atom. The van der Waals surface area contributed by atoms with E-state index in [1.807, 2.05) is 6.08 Å². The number of rotatable bonds is 8. The van der Waals surface area contributed by atoms with Gasteiger partial charge in [-0.25, -0.2) is 0 Å². The molecule has 0 radical (unpaired) electrons. The zero-order valence-electron chi connectivity index (χ0n) is 20.6. The molecule has 5 nitrogen and oxygen atoms in total. The van der Waals surface area contributed by atoms with Gasteiger partial charge < -0.3 is 19.6 Å². The van der Waals surface area contributed by atoms with Crippen LogP contribution in [-0.2, 0) is 39.1 Å². The standard InChI is InChI=1S/C28H32F3NO4/c1-4-24-22(21-11-12-36-27(3,15-25(33)34)26(21)32-24)13-17(2)35-16-18-9-10-20(19-7-5-6-8-19)23(14-18)28(29,30)31/h4,9-10,13-14,19,32H,1,5-8,11-12,15-16H2,2-3H3,(H,33,34). The Morgan fingerprint density at radius 3 is 2.69 bits per heavy atom. The third-order valence-corrected chi connectivity index (χ3v) is 7.20. The number of nitrogens with one attached hydrogen (secondary N) is 1. The molecule has 0 spiro atoms. The maximum absolute atomic E-state index is 13.8. The first-order valence-corrected chi connectivity index (χ1v) is 12.3. The summed E-state index contributed by atoms with van der Waals surface area (Å²) < 4.78 is 53.1. The Morgan fingerprint density at radius 1 is 1.33 bits per heavy atom. The molecule has 1 aromatic heterocycles. The van der Waals surface area contributed by atoms with Gasteiger partial charge in [0.15, 0.2) is 0 Å². The normalized spacial score (nSPS) is 20.9. The number of fused-ring (bicyclic) bond motifs is 1. The quantitative estimate of drug-likeness (QED) is 0.375. The first-order chi connectivity index (χ1) is 17.0. The summed E-state index contributed by atoms with van der Waals surface area (Å²) in [6.45, 7) is 7.73. The average molecular weight is 504 g/mol. The number of carboxylic acids is 1. The van der Waals surface area contributed by atoms with E-state index in [2.05, 4.69) is 11.6 Å². The molecule has 2 aliphatic rings. The van der Waals surface area contributed by atoms with Gasteiger partial charge >= 0.3 is 12.1 Å². The minimum Gasteiger partial charge on any atom is -0.494 e. The summed E-state index contributed by atoms with van der Waals surface area (Å²) in [5.41, 5.74) is 2.45. The van der Waals surface area contributed by atoms with E-state index in [-0.39, 0.29) is 18.9 Å². The fraction of sp³-hybridized carbons (Fsp3) is 0.464. The predicted molar refractivity (Wildman–Crippen MR) is 131 cm³/mol. The van der Waals surface area contributed by atoms with Gasteiger partial charge in [0.1, 0.15) is 12.2 Å². The predicted octanol–water partition coefficient (Wildman–Crippen LogP) is 7.17. The van der Waals surface area contributed by atoms with Gasteiger partial charge in [-0.05, 0) is 73.9 Å². The highest BCUT2D eigenvalue weighted by atomic mass is 19.4. The second-order valence-electron chi connectivity index (χ2n) is 9.85. The molecule has 4 rings (SSSR count). The lowest BCUT2D eigenvalue weighted by molar-refractivity contribution is -0.146. The zero-order chi connectivity index (χ0) is 26.1. The molecular formula is C28H32F3NO4. The van der Waals surface area contributed by atoms with Crippen molar-refractivity contribution in [2.24, 2.45) is 0 Å². The molecule has 1 atom stereocenters. The van der Waals surface area contributed by atoms with Gasteiger partial charge in [0.2, 0.25) is 0 Å². The van der Waals surface area contributed by atoms with Crippen molar-refractivity contribution in [2.75, 3.05) is 6.61 Å². The van der Waals surface area contributed by atoms with E-state index in [4.69, 9.17) is 9.47 Å². The van der Waals surface area contributed by atoms with Crippen molar-refractivity contribution in [2.45, 2.75) is 76.7 Å². The largest absolute Gasteiger partial charge is 0.494 e. The molecule has 1 aliphatic carbocycles. The zero-order valence-corrected chi connectivity index (χ0v) is 20.6. The number of hydrogen-bond donors (Lipinski definition) is 2. The summed E-state index contributed by atoms with van der Waals surface area (Å²) in [5, 5.41) is 9.35. The van der Waals surface area contributed by atoms with Crippen molar-refractivity contribution in [3.63, 3.8) is 0 Å². The number of aromatic nitrogens is 1. The van der Waals surface area contributed by atoms with Gasteiger partial charge in [-0.1, -0.05) is 31.6 Å². The third-order valence-electron chi connectivity index (χ3n) is 7.20. The maximum atomic E-state index is 13.8. The molecule has 0 amide bonds. The number of benzene rings is 1. The van der Waals surface area contributed by atoms with E-state index in [9.17, 15) is 23.1 Å². The van der Waals surface area contributed by atoms with Crippen LogP contribution in [0, 0.1) is 0 Å². The van der Waals surface area contributed by atoms with Crippen LogP contribution >= 0.6 is 0 Å². The molecule has 2 aromatic rings. The maximum Gasteiger partial charge on any atom is 0.416 e. The molecule has 2 N–H and O–H groups in total. The van der Waals surface area contributed by atoms with E-state index in [1.165, 1.54) is 6.07 Å². The van der Waals surface area contributed by atoms with Crippen molar-refractivity contribution in [1.29, 1.82) is 0 Å². The number of carboxylic acid groups (broad SMARTS) is 1. The van der Waals surface area contributed by atoms with Crippen molar-refractivity contribution in [3.8, 4) is 0 Å². The van der Waals surface area contributed by atoms with Gasteiger partial charge in [-0.15, -0.1) is 0 Å². The first kappa shape index (κ1) is 26.1. The lowest BCUT2D eigenvalue weighted by atomic mass is 9.89. The summed E-state index contributed by atoms with van der Waals surface area (Å²) in [6, 6.07) is 4.54. The number of carbonyl (C=O) groups is 1. The van der Waals surface area contributed by atoms with Crippen LogP contribution in [-0.4, -0.2) is 22.7 Å². The highest BCUT2D eigenvalue weighted by Crippen LogP contribution is 2.42. The molecule has 36 heavy (non-hydrogen) atoms. The lowest BCUT2D eigenvalue weighted by Gasteiger charge is -2.33. The van der Waals surface area contributed by atoms with E-state index in [0.29, 0.717) is 41.3 Å². The molecular weight excluding hydrogens is 471 g/mol. The molecule has 1 aromatic carbocycles. The van der Waals surface area contributed by atoms with Crippen LogP contribution in [0.1, 0.15) is 91.1 Å². The summed E-state index contributed by atoms with van der Waals surface area (Å²) in [5.74, 6) is -0.472. The molecule has 0 saturated heterocycles. The highest BCUT2D eigenvalue weighted by Gasteiger charge is 2.39. The number of hydrogen-bond acceptors (Lipinski definition) is 3. The molecule has 0 bridgehead atoms. The number of H-pyrrole nitrogens is 1. The number of aliphatic carboxylic acids is 1. The van der Waals surface area contributed by atoms with Gasteiger partial charge in [0, 0.05) is 11.3 Å². The number of alkyl halides is 3. The van der Waals surface area contributed by atoms with Crippen molar-refractivity contribution in [3.05, 3.63) is 69.7 Å². The Kier molecular flexibility index (Phi) is 7.36. The van der Waals surface area contributed by atoms with E-state index < -0.39 is 23.3 Å². The van der Waals surface area contributed by atoms with E-state index in [1.54, 1.807) is 32.1 Å². The monoisotopic (exact) mass is 503 g/mol. The number of halogens is 3. The molecule has 1 fully saturated rings. The van der Waals surface area contributed by atoms with Crippen LogP contribution < -0.4 is 0 Å². The average Bonchev–Trinajstić information content (AvgIpc) is 3.46. The van der Waals surface area contributed by atoms with Gasteiger partial charge in [-0.2, -0.15) is 13.2 Å².